The summed E-state index contributed by atoms with van der Waals surface area (Å²) < 4.78 is 45.0. The first-order chi connectivity index (χ1) is 10.6. The van der Waals surface area contributed by atoms with E-state index >= 15 is 0 Å². The zero-order valence-corrected chi connectivity index (χ0v) is 12.4. The van der Waals surface area contributed by atoms with E-state index in [-0.39, 0.29) is 11.6 Å². The maximum Gasteiger partial charge on any atom is 0.418 e. The van der Waals surface area contributed by atoms with Gasteiger partial charge in [-0.1, -0.05) is 6.92 Å². The molecule has 0 atom stereocenters. The molecule has 0 fully saturated rings. The van der Waals surface area contributed by atoms with Crippen LogP contribution >= 0.6 is 0 Å². The third-order valence-electron chi connectivity index (χ3n) is 3.31. The minimum Gasteiger partial charge on any atom is -0.437 e. The summed E-state index contributed by atoms with van der Waals surface area (Å²) in [6.45, 7) is 3.42. The summed E-state index contributed by atoms with van der Waals surface area (Å²) in [5, 5.41) is 3.90. The van der Waals surface area contributed by atoms with Crippen LogP contribution in [0.5, 0.6) is 11.6 Å². The molecule has 2 rings (SSSR count). The average Bonchev–Trinajstić information content (AvgIpc) is 2.76. The molecule has 6 nitrogen and oxygen atoms in total. The quantitative estimate of drug-likeness (QED) is 0.846. The maximum atomic E-state index is 12.9. The van der Waals surface area contributed by atoms with E-state index in [4.69, 9.17) is 16.2 Å². The van der Waals surface area contributed by atoms with Gasteiger partial charge in [0.15, 0.2) is 0 Å². The summed E-state index contributed by atoms with van der Waals surface area (Å²) in [4.78, 5) is 11.3. The van der Waals surface area contributed by atoms with Crippen molar-refractivity contribution in [1.29, 1.82) is 0 Å². The number of alkyl halides is 3. The molecule has 1 heterocycles. The van der Waals surface area contributed by atoms with Gasteiger partial charge in [-0.15, -0.1) is 5.10 Å². The number of halogens is 3. The Labute approximate surface area is 129 Å². The van der Waals surface area contributed by atoms with Crippen molar-refractivity contribution >= 4 is 11.7 Å². The molecule has 1 aromatic carbocycles. The van der Waals surface area contributed by atoms with Gasteiger partial charge in [-0.2, -0.15) is 17.9 Å². The standard InChI is InChI=1S/C14H15F3N4O2/c1-3-9-7(2)21(13(19)22)20-12(9)23-8-4-5-11(18)10(6-8)14(15,16)17/h4-6H,3,18H2,1-2H3,(H2,19,22). The van der Waals surface area contributed by atoms with E-state index in [1.165, 1.54) is 6.07 Å². The number of rotatable bonds is 3. The van der Waals surface area contributed by atoms with Gasteiger partial charge in [-0.3, -0.25) is 0 Å². The smallest absolute Gasteiger partial charge is 0.418 e. The molecule has 0 radical (unpaired) electrons. The van der Waals surface area contributed by atoms with E-state index in [1.807, 2.05) is 0 Å². The third kappa shape index (κ3) is 3.22. The first-order valence-corrected chi connectivity index (χ1v) is 6.68. The van der Waals surface area contributed by atoms with Gasteiger partial charge in [-0.05, 0) is 31.5 Å². The Morgan fingerprint density at radius 3 is 2.57 bits per heavy atom. The fourth-order valence-electron chi connectivity index (χ4n) is 2.17. The summed E-state index contributed by atoms with van der Waals surface area (Å²) in [7, 11) is 0. The minimum absolute atomic E-state index is 0.0293. The third-order valence-corrected chi connectivity index (χ3v) is 3.31. The van der Waals surface area contributed by atoms with Gasteiger partial charge < -0.3 is 16.2 Å². The number of nitrogens with zero attached hydrogens (tertiary/aromatic N) is 2. The molecule has 1 aromatic heterocycles. The topological polar surface area (TPSA) is 96.2 Å². The molecule has 124 valence electrons. The number of anilines is 1. The Balaban J connectivity index is 2.44. The van der Waals surface area contributed by atoms with Gasteiger partial charge in [0.05, 0.1) is 11.3 Å². The first-order valence-electron chi connectivity index (χ1n) is 6.68. The van der Waals surface area contributed by atoms with Gasteiger partial charge in [0.25, 0.3) is 0 Å². The summed E-state index contributed by atoms with van der Waals surface area (Å²) in [6, 6.07) is 2.37. The van der Waals surface area contributed by atoms with E-state index in [1.54, 1.807) is 13.8 Å². The molecule has 0 saturated carbocycles. The van der Waals surface area contributed by atoms with Gasteiger partial charge in [0, 0.05) is 11.3 Å². The lowest BCUT2D eigenvalue weighted by Gasteiger charge is -2.12. The maximum absolute atomic E-state index is 12.9. The Kier molecular flexibility index (Phi) is 4.22. The Morgan fingerprint density at radius 1 is 1.39 bits per heavy atom. The van der Waals surface area contributed by atoms with Crippen LogP contribution in [0.2, 0.25) is 0 Å². The summed E-state index contributed by atoms with van der Waals surface area (Å²) >= 11 is 0. The second-order valence-corrected chi connectivity index (χ2v) is 4.82. The molecule has 0 bridgehead atoms. The van der Waals surface area contributed by atoms with Crippen LogP contribution in [0.15, 0.2) is 18.2 Å². The fourth-order valence-corrected chi connectivity index (χ4v) is 2.17. The lowest BCUT2D eigenvalue weighted by atomic mass is 10.1. The fraction of sp³-hybridized carbons (Fsp3) is 0.286. The van der Waals surface area contributed by atoms with Crippen molar-refractivity contribution in [2.45, 2.75) is 26.4 Å². The van der Waals surface area contributed by atoms with Crippen LogP contribution in [0.3, 0.4) is 0 Å². The number of ether oxygens (including phenoxy) is 1. The number of hydrogen-bond donors (Lipinski definition) is 2. The van der Waals surface area contributed by atoms with E-state index in [0.717, 1.165) is 16.8 Å². The second kappa shape index (κ2) is 5.82. The molecule has 0 spiro atoms. The van der Waals surface area contributed by atoms with E-state index < -0.39 is 23.5 Å². The first kappa shape index (κ1) is 16.7. The molecule has 0 unspecified atom stereocenters. The summed E-state index contributed by atoms with van der Waals surface area (Å²) in [5.74, 6) is -0.0583. The molecule has 23 heavy (non-hydrogen) atoms. The van der Waals surface area contributed by atoms with Crippen LogP contribution in [-0.2, 0) is 12.6 Å². The SMILES string of the molecule is CCc1c(Oc2ccc(N)c(C(F)(F)F)c2)nn(C(N)=O)c1C. The highest BCUT2D eigenvalue weighted by Crippen LogP contribution is 2.37. The van der Waals surface area contributed by atoms with Crippen molar-refractivity contribution in [2.75, 3.05) is 5.73 Å². The molecule has 0 aliphatic carbocycles. The predicted octanol–water partition coefficient (Wildman–Crippen LogP) is 3.07. The summed E-state index contributed by atoms with van der Waals surface area (Å²) in [5.41, 5.74) is 10.2. The van der Waals surface area contributed by atoms with Gasteiger partial charge in [0.1, 0.15) is 5.75 Å². The molecule has 1 amide bonds. The second-order valence-electron chi connectivity index (χ2n) is 4.82. The number of carbonyl (C=O) groups is 1. The number of hydrogen-bond acceptors (Lipinski definition) is 4. The normalized spacial score (nSPS) is 11.5. The number of benzene rings is 1. The van der Waals surface area contributed by atoms with Crippen LogP contribution < -0.4 is 16.2 Å². The number of nitrogen functional groups attached to an aromatic ring is 1. The van der Waals surface area contributed by atoms with Crippen molar-refractivity contribution in [2.24, 2.45) is 5.73 Å². The van der Waals surface area contributed by atoms with E-state index in [9.17, 15) is 18.0 Å². The molecule has 0 aliphatic rings. The molecule has 9 heteroatoms. The van der Waals surface area contributed by atoms with Crippen LogP contribution in [0.25, 0.3) is 0 Å². The largest absolute Gasteiger partial charge is 0.437 e. The lowest BCUT2D eigenvalue weighted by Crippen LogP contribution is -2.22. The highest BCUT2D eigenvalue weighted by atomic mass is 19.4. The average molecular weight is 328 g/mol. The van der Waals surface area contributed by atoms with Gasteiger partial charge >= 0.3 is 12.2 Å². The Hall–Kier alpha value is -2.71. The molecular formula is C14H15F3N4O2. The van der Waals surface area contributed by atoms with Crippen molar-refractivity contribution < 1.29 is 22.7 Å². The van der Waals surface area contributed by atoms with Crippen molar-refractivity contribution in [3.63, 3.8) is 0 Å². The molecule has 4 N–H and O–H groups in total. The van der Waals surface area contributed by atoms with Gasteiger partial charge in [-0.25, -0.2) is 4.79 Å². The van der Waals surface area contributed by atoms with E-state index in [0.29, 0.717) is 17.7 Å². The highest BCUT2D eigenvalue weighted by Gasteiger charge is 2.33. The van der Waals surface area contributed by atoms with E-state index in [2.05, 4.69) is 5.10 Å². The monoisotopic (exact) mass is 328 g/mol. The number of primary amides is 1. The molecular weight excluding hydrogens is 313 g/mol. The lowest BCUT2D eigenvalue weighted by molar-refractivity contribution is -0.137. The van der Waals surface area contributed by atoms with Crippen molar-refractivity contribution in [1.82, 2.24) is 9.78 Å². The Bertz CT molecular complexity index is 753. The number of carbonyl (C=O) groups excluding carboxylic acids is 1. The Morgan fingerprint density at radius 2 is 2.04 bits per heavy atom. The highest BCUT2D eigenvalue weighted by molar-refractivity contribution is 5.75. The number of nitrogens with two attached hydrogens (primary N) is 2. The zero-order valence-electron chi connectivity index (χ0n) is 12.4. The van der Waals surface area contributed by atoms with Crippen molar-refractivity contribution in [3.8, 4) is 11.6 Å². The predicted molar refractivity (Wildman–Crippen MR) is 77.3 cm³/mol. The molecule has 0 aliphatic heterocycles. The van der Waals surface area contributed by atoms with Crippen LogP contribution in [0.4, 0.5) is 23.7 Å². The number of aromatic nitrogens is 2. The summed E-state index contributed by atoms with van der Waals surface area (Å²) in [6.07, 6.45) is -4.13. The number of amides is 1. The molecule has 2 aromatic rings. The van der Waals surface area contributed by atoms with Gasteiger partial charge in [0.2, 0.25) is 5.88 Å². The van der Waals surface area contributed by atoms with Crippen LogP contribution in [-0.4, -0.2) is 15.8 Å². The van der Waals surface area contributed by atoms with Crippen LogP contribution in [0, 0.1) is 6.92 Å². The zero-order chi connectivity index (χ0) is 17.4. The van der Waals surface area contributed by atoms with Crippen molar-refractivity contribution in [3.05, 3.63) is 35.0 Å². The minimum atomic E-state index is -4.60. The molecule has 0 saturated heterocycles. The van der Waals surface area contributed by atoms with Crippen LogP contribution in [0.1, 0.15) is 23.7 Å².